The molecule has 0 unspecified atom stereocenters. The molecule has 1 aliphatic rings. The van der Waals surface area contributed by atoms with E-state index in [0.717, 1.165) is 52.1 Å². The SMILES string of the molecule is COc1cccc(-c2ccn(-c3cc(N4CCOC[C@@H]4C)n4nc(-c5ccncc5)cc4n3)n2)c1. The van der Waals surface area contributed by atoms with E-state index in [9.17, 15) is 0 Å². The van der Waals surface area contributed by atoms with Gasteiger partial charge >= 0.3 is 0 Å². The van der Waals surface area contributed by atoms with Crippen LogP contribution in [-0.2, 0) is 4.74 Å². The van der Waals surface area contributed by atoms with Crippen LogP contribution in [-0.4, -0.2) is 62.3 Å². The van der Waals surface area contributed by atoms with E-state index in [-0.39, 0.29) is 6.04 Å². The van der Waals surface area contributed by atoms with Crippen LogP contribution in [0.2, 0.25) is 0 Å². The number of aromatic nitrogens is 6. The zero-order chi connectivity index (χ0) is 23.8. The summed E-state index contributed by atoms with van der Waals surface area (Å²) in [7, 11) is 1.66. The summed E-state index contributed by atoms with van der Waals surface area (Å²) in [4.78, 5) is 11.4. The van der Waals surface area contributed by atoms with Gasteiger partial charge in [0.1, 0.15) is 11.6 Å². The topological polar surface area (TPSA) is 82.6 Å². The van der Waals surface area contributed by atoms with Crippen LogP contribution in [0.25, 0.3) is 34.0 Å². The van der Waals surface area contributed by atoms with E-state index < -0.39 is 0 Å². The largest absolute Gasteiger partial charge is 0.497 e. The minimum Gasteiger partial charge on any atom is -0.497 e. The number of hydrogen-bond acceptors (Lipinski definition) is 7. The number of fused-ring (bicyclic) bond motifs is 1. The monoisotopic (exact) mass is 467 g/mol. The van der Waals surface area contributed by atoms with Crippen molar-refractivity contribution in [2.24, 2.45) is 0 Å². The minimum absolute atomic E-state index is 0.209. The lowest BCUT2D eigenvalue weighted by molar-refractivity contribution is 0.0983. The van der Waals surface area contributed by atoms with Crippen molar-refractivity contribution in [2.75, 3.05) is 31.8 Å². The molecule has 0 aliphatic carbocycles. The van der Waals surface area contributed by atoms with Gasteiger partial charge in [-0.1, -0.05) is 12.1 Å². The molecule has 6 rings (SSSR count). The number of methoxy groups -OCH3 is 1. The van der Waals surface area contributed by atoms with Gasteiger partial charge in [0.15, 0.2) is 11.5 Å². The highest BCUT2D eigenvalue weighted by molar-refractivity contribution is 5.67. The number of anilines is 1. The highest BCUT2D eigenvalue weighted by Crippen LogP contribution is 2.28. The first-order chi connectivity index (χ1) is 17.2. The van der Waals surface area contributed by atoms with Gasteiger partial charge in [-0.2, -0.15) is 14.7 Å². The van der Waals surface area contributed by atoms with Crippen LogP contribution in [0.4, 0.5) is 5.82 Å². The Kier molecular flexibility index (Phi) is 5.38. The molecule has 0 spiro atoms. The van der Waals surface area contributed by atoms with Crippen molar-refractivity contribution in [1.82, 2.24) is 29.4 Å². The summed E-state index contributed by atoms with van der Waals surface area (Å²) in [6.45, 7) is 4.27. The maximum atomic E-state index is 5.68. The second kappa shape index (κ2) is 8.84. The number of hydrogen-bond donors (Lipinski definition) is 0. The van der Waals surface area contributed by atoms with Gasteiger partial charge in [0.05, 0.1) is 37.8 Å². The smallest absolute Gasteiger partial charge is 0.160 e. The highest BCUT2D eigenvalue weighted by Gasteiger charge is 2.24. The van der Waals surface area contributed by atoms with Crippen molar-refractivity contribution in [3.05, 3.63) is 73.2 Å². The van der Waals surface area contributed by atoms with E-state index in [4.69, 9.17) is 24.7 Å². The lowest BCUT2D eigenvalue weighted by Crippen LogP contribution is -2.44. The lowest BCUT2D eigenvalue weighted by atomic mass is 10.1. The predicted octanol–water partition coefficient (Wildman–Crippen LogP) is 3.88. The molecule has 1 aromatic carbocycles. The van der Waals surface area contributed by atoms with Crippen molar-refractivity contribution in [3.8, 4) is 34.1 Å². The molecule has 9 heteroatoms. The fraction of sp³-hybridized carbons (Fsp3) is 0.231. The molecule has 176 valence electrons. The summed E-state index contributed by atoms with van der Waals surface area (Å²) in [6.07, 6.45) is 5.47. The molecule has 0 radical (unpaired) electrons. The Hall–Kier alpha value is -4.24. The van der Waals surface area contributed by atoms with Crippen molar-refractivity contribution >= 4 is 11.5 Å². The Morgan fingerprint density at radius 1 is 0.971 bits per heavy atom. The molecule has 0 amide bonds. The second-order valence-electron chi connectivity index (χ2n) is 8.50. The molecule has 1 aliphatic heterocycles. The molecular weight excluding hydrogens is 442 g/mol. The summed E-state index contributed by atoms with van der Waals surface area (Å²) in [5, 5.41) is 9.72. The Morgan fingerprint density at radius 3 is 2.69 bits per heavy atom. The van der Waals surface area contributed by atoms with Gasteiger partial charge in [0.25, 0.3) is 0 Å². The second-order valence-corrected chi connectivity index (χ2v) is 8.50. The number of ether oxygens (including phenoxy) is 2. The first kappa shape index (κ1) is 21.3. The molecule has 0 bridgehead atoms. The summed E-state index contributed by atoms with van der Waals surface area (Å²) in [5.74, 6) is 2.48. The van der Waals surface area contributed by atoms with Gasteiger partial charge in [0.2, 0.25) is 0 Å². The van der Waals surface area contributed by atoms with Gasteiger partial charge in [-0.15, -0.1) is 0 Å². The Balaban J connectivity index is 1.47. The average Bonchev–Trinajstić information content (AvgIpc) is 3.57. The first-order valence-corrected chi connectivity index (χ1v) is 11.6. The normalized spacial score (nSPS) is 16.1. The molecule has 35 heavy (non-hydrogen) atoms. The Labute approximate surface area is 202 Å². The highest BCUT2D eigenvalue weighted by atomic mass is 16.5. The van der Waals surface area contributed by atoms with Crippen LogP contribution in [0.5, 0.6) is 5.75 Å². The minimum atomic E-state index is 0.209. The number of morpholine rings is 1. The molecule has 1 saturated heterocycles. The molecule has 5 aromatic rings. The number of pyridine rings is 1. The van der Waals surface area contributed by atoms with Crippen LogP contribution in [0, 0.1) is 0 Å². The van der Waals surface area contributed by atoms with Gasteiger partial charge in [-0.3, -0.25) is 4.98 Å². The standard InChI is InChI=1S/C26H25N7O2/c1-18-17-35-13-12-31(18)26-16-24(28-25-15-23(30-33(25)26)19-6-9-27-10-7-19)32-11-8-22(29-32)20-4-3-5-21(14-20)34-2/h3-11,14-16,18H,12-13,17H2,1-2H3/t18-/m0/s1. The van der Waals surface area contributed by atoms with E-state index in [1.54, 1.807) is 19.5 Å². The van der Waals surface area contributed by atoms with Gasteiger partial charge in [0, 0.05) is 48.4 Å². The van der Waals surface area contributed by atoms with E-state index in [1.807, 2.05) is 70.0 Å². The molecule has 0 N–H and O–H groups in total. The van der Waals surface area contributed by atoms with Crippen molar-refractivity contribution in [1.29, 1.82) is 0 Å². The molecule has 5 heterocycles. The van der Waals surface area contributed by atoms with E-state index in [0.29, 0.717) is 13.2 Å². The molecule has 9 nitrogen and oxygen atoms in total. The number of rotatable bonds is 5. The summed E-state index contributed by atoms with van der Waals surface area (Å²) < 4.78 is 14.8. The molecule has 4 aromatic heterocycles. The van der Waals surface area contributed by atoms with Gasteiger partial charge < -0.3 is 14.4 Å². The molecule has 1 fully saturated rings. The molecule has 0 saturated carbocycles. The third-order valence-electron chi connectivity index (χ3n) is 6.22. The average molecular weight is 468 g/mol. The summed E-state index contributed by atoms with van der Waals surface area (Å²) in [5.41, 5.74) is 4.42. The van der Waals surface area contributed by atoms with E-state index in [1.165, 1.54) is 0 Å². The first-order valence-electron chi connectivity index (χ1n) is 11.6. The molecule has 1 atom stereocenters. The third-order valence-corrected chi connectivity index (χ3v) is 6.22. The summed E-state index contributed by atoms with van der Waals surface area (Å²) in [6, 6.07) is 18.0. The lowest BCUT2D eigenvalue weighted by Gasteiger charge is -2.35. The van der Waals surface area contributed by atoms with Crippen LogP contribution in [0.1, 0.15) is 6.92 Å². The van der Waals surface area contributed by atoms with Crippen molar-refractivity contribution < 1.29 is 9.47 Å². The Bertz CT molecular complexity index is 1480. The fourth-order valence-electron chi connectivity index (χ4n) is 4.39. The number of nitrogens with zero attached hydrogens (tertiary/aromatic N) is 7. The van der Waals surface area contributed by atoms with E-state index >= 15 is 0 Å². The zero-order valence-corrected chi connectivity index (χ0v) is 19.6. The maximum Gasteiger partial charge on any atom is 0.160 e. The van der Waals surface area contributed by atoms with Crippen molar-refractivity contribution in [3.63, 3.8) is 0 Å². The molecular formula is C26H25N7O2. The zero-order valence-electron chi connectivity index (χ0n) is 19.6. The van der Waals surface area contributed by atoms with Crippen LogP contribution in [0.15, 0.2) is 73.2 Å². The van der Waals surface area contributed by atoms with Crippen LogP contribution < -0.4 is 9.64 Å². The van der Waals surface area contributed by atoms with E-state index in [2.05, 4.69) is 16.8 Å². The fourth-order valence-corrected chi connectivity index (χ4v) is 4.39. The quantitative estimate of drug-likeness (QED) is 0.388. The van der Waals surface area contributed by atoms with Crippen LogP contribution >= 0.6 is 0 Å². The van der Waals surface area contributed by atoms with Gasteiger partial charge in [-0.05, 0) is 37.3 Å². The third kappa shape index (κ3) is 4.00. The van der Waals surface area contributed by atoms with Crippen LogP contribution in [0.3, 0.4) is 0 Å². The summed E-state index contributed by atoms with van der Waals surface area (Å²) >= 11 is 0. The van der Waals surface area contributed by atoms with Gasteiger partial charge in [-0.25, -0.2) is 9.67 Å². The van der Waals surface area contributed by atoms with Crippen molar-refractivity contribution in [2.45, 2.75) is 13.0 Å². The predicted molar refractivity (Wildman–Crippen MR) is 133 cm³/mol. The Morgan fingerprint density at radius 2 is 1.86 bits per heavy atom. The number of benzene rings is 1. The maximum absolute atomic E-state index is 5.68.